The number of sulfonamides is 1. The SMILES string of the molecule is CCN(CC)S(=O)(=O)c1ccc2nn(CN3CCc4ccccc4C3)c(=S)n2c1. The highest BCUT2D eigenvalue weighted by Gasteiger charge is 2.23. The Hall–Kier alpha value is -2.07. The maximum Gasteiger partial charge on any atom is 0.244 e. The van der Waals surface area contributed by atoms with Gasteiger partial charge in [-0.3, -0.25) is 9.30 Å². The molecule has 0 aliphatic carbocycles. The Balaban J connectivity index is 1.63. The van der Waals surface area contributed by atoms with Gasteiger partial charge in [-0.05, 0) is 41.9 Å². The summed E-state index contributed by atoms with van der Waals surface area (Å²) in [5, 5.41) is 4.60. The molecule has 9 heteroatoms. The van der Waals surface area contributed by atoms with Crippen LogP contribution in [0.15, 0.2) is 47.5 Å². The quantitative estimate of drug-likeness (QED) is 0.562. The number of fused-ring (bicyclic) bond motifs is 2. The van der Waals surface area contributed by atoms with Crippen LogP contribution < -0.4 is 0 Å². The van der Waals surface area contributed by atoms with Crippen LogP contribution >= 0.6 is 12.2 Å². The molecule has 0 spiro atoms. The third kappa shape index (κ3) is 3.75. The summed E-state index contributed by atoms with van der Waals surface area (Å²) >= 11 is 5.61. The molecule has 2 aromatic heterocycles. The Labute approximate surface area is 176 Å². The van der Waals surface area contributed by atoms with Gasteiger partial charge in [0.15, 0.2) is 5.65 Å². The Kier molecular flexibility index (Phi) is 5.56. The molecule has 0 fully saturated rings. The fourth-order valence-corrected chi connectivity index (χ4v) is 5.52. The largest absolute Gasteiger partial charge is 0.280 e. The van der Waals surface area contributed by atoms with E-state index in [2.05, 4.69) is 34.3 Å². The van der Waals surface area contributed by atoms with E-state index in [4.69, 9.17) is 12.2 Å². The van der Waals surface area contributed by atoms with E-state index in [9.17, 15) is 8.42 Å². The second-order valence-corrected chi connectivity index (χ2v) is 9.48. The monoisotopic (exact) mass is 431 g/mol. The summed E-state index contributed by atoms with van der Waals surface area (Å²) in [6.45, 7) is 6.89. The lowest BCUT2D eigenvalue weighted by Crippen LogP contribution is -2.32. The first-order valence-electron chi connectivity index (χ1n) is 9.82. The lowest BCUT2D eigenvalue weighted by molar-refractivity contribution is 0.188. The van der Waals surface area contributed by atoms with Crippen molar-refractivity contribution in [3.05, 3.63) is 58.5 Å². The zero-order valence-corrected chi connectivity index (χ0v) is 18.3. The predicted molar refractivity (Wildman–Crippen MR) is 115 cm³/mol. The highest BCUT2D eigenvalue weighted by molar-refractivity contribution is 7.89. The molecular weight excluding hydrogens is 406 g/mol. The average Bonchev–Trinajstić information content (AvgIpc) is 3.03. The normalized spacial score (nSPS) is 15.1. The minimum absolute atomic E-state index is 0.233. The van der Waals surface area contributed by atoms with Crippen molar-refractivity contribution in [3.8, 4) is 0 Å². The molecule has 0 radical (unpaired) electrons. The third-order valence-electron chi connectivity index (χ3n) is 5.44. The zero-order valence-electron chi connectivity index (χ0n) is 16.7. The number of pyridine rings is 1. The van der Waals surface area contributed by atoms with Crippen molar-refractivity contribution in [1.29, 1.82) is 0 Å². The van der Waals surface area contributed by atoms with Crippen LogP contribution in [0.1, 0.15) is 25.0 Å². The molecule has 1 aromatic carbocycles. The van der Waals surface area contributed by atoms with Crippen LogP contribution in [0.4, 0.5) is 0 Å². The van der Waals surface area contributed by atoms with Crippen LogP contribution in [0.2, 0.25) is 0 Å². The molecule has 1 aliphatic rings. The zero-order chi connectivity index (χ0) is 20.6. The molecule has 0 atom stereocenters. The van der Waals surface area contributed by atoms with E-state index in [0.29, 0.717) is 30.2 Å². The summed E-state index contributed by atoms with van der Waals surface area (Å²) < 4.78 is 31.1. The van der Waals surface area contributed by atoms with Gasteiger partial charge in [0.05, 0.1) is 11.6 Å². The minimum atomic E-state index is -3.54. The van der Waals surface area contributed by atoms with E-state index in [-0.39, 0.29) is 4.90 Å². The van der Waals surface area contributed by atoms with Crippen LogP contribution in [-0.4, -0.2) is 51.4 Å². The maximum absolute atomic E-state index is 12.8. The van der Waals surface area contributed by atoms with Gasteiger partial charge in [0.1, 0.15) is 0 Å². The van der Waals surface area contributed by atoms with Crippen molar-refractivity contribution in [3.63, 3.8) is 0 Å². The first-order chi connectivity index (χ1) is 13.9. The highest BCUT2D eigenvalue weighted by atomic mass is 32.2. The van der Waals surface area contributed by atoms with Crippen LogP contribution in [0.5, 0.6) is 0 Å². The molecule has 7 nitrogen and oxygen atoms in total. The molecule has 0 saturated carbocycles. The number of nitrogens with zero attached hydrogens (tertiary/aromatic N) is 5. The van der Waals surface area contributed by atoms with E-state index < -0.39 is 10.0 Å². The maximum atomic E-state index is 12.8. The van der Waals surface area contributed by atoms with E-state index >= 15 is 0 Å². The number of benzene rings is 1. The third-order valence-corrected chi connectivity index (χ3v) is 7.88. The second kappa shape index (κ2) is 7.98. The van der Waals surface area contributed by atoms with Gasteiger partial charge in [0, 0.05) is 32.4 Å². The minimum Gasteiger partial charge on any atom is -0.280 e. The van der Waals surface area contributed by atoms with Crippen molar-refractivity contribution in [2.24, 2.45) is 0 Å². The molecule has 0 N–H and O–H groups in total. The van der Waals surface area contributed by atoms with Crippen molar-refractivity contribution < 1.29 is 8.42 Å². The summed E-state index contributed by atoms with van der Waals surface area (Å²) in [7, 11) is -3.54. The summed E-state index contributed by atoms with van der Waals surface area (Å²) in [6.07, 6.45) is 2.59. The Bertz CT molecular complexity index is 1200. The molecule has 3 heterocycles. The van der Waals surface area contributed by atoms with Gasteiger partial charge in [-0.1, -0.05) is 38.1 Å². The fraction of sp³-hybridized carbons (Fsp3) is 0.400. The van der Waals surface area contributed by atoms with Gasteiger partial charge < -0.3 is 0 Å². The molecule has 154 valence electrons. The first kappa shape index (κ1) is 20.2. The summed E-state index contributed by atoms with van der Waals surface area (Å²) in [4.78, 5) is 2.54. The van der Waals surface area contributed by atoms with Crippen molar-refractivity contribution >= 4 is 27.9 Å². The molecule has 4 rings (SSSR count). The molecule has 29 heavy (non-hydrogen) atoms. The standard InChI is InChI=1S/C20H25N5O2S2/c1-3-23(4-2)29(26,27)18-9-10-19-21-25(20(28)24(19)14-18)15-22-12-11-16-7-5-6-8-17(16)13-22/h5-10,14H,3-4,11-13,15H2,1-2H3. The van der Waals surface area contributed by atoms with Crippen LogP contribution in [-0.2, 0) is 29.7 Å². The van der Waals surface area contributed by atoms with Crippen LogP contribution in [0.3, 0.4) is 0 Å². The Morgan fingerprint density at radius 3 is 2.55 bits per heavy atom. The van der Waals surface area contributed by atoms with Crippen molar-refractivity contribution in [2.45, 2.75) is 38.4 Å². The van der Waals surface area contributed by atoms with Gasteiger partial charge in [-0.15, -0.1) is 0 Å². The molecule has 0 bridgehead atoms. The number of hydrogen-bond donors (Lipinski definition) is 0. The van der Waals surface area contributed by atoms with E-state index in [1.165, 1.54) is 15.4 Å². The highest BCUT2D eigenvalue weighted by Crippen LogP contribution is 2.20. The predicted octanol–water partition coefficient (Wildman–Crippen LogP) is 2.91. The molecular formula is C20H25N5O2S2. The topological polar surface area (TPSA) is 62.9 Å². The lowest BCUT2D eigenvalue weighted by Gasteiger charge is -2.28. The number of aromatic nitrogens is 3. The second-order valence-electron chi connectivity index (χ2n) is 7.18. The summed E-state index contributed by atoms with van der Waals surface area (Å²) in [5.41, 5.74) is 3.38. The molecule has 0 saturated heterocycles. The van der Waals surface area contributed by atoms with Gasteiger partial charge in [-0.2, -0.15) is 9.40 Å². The van der Waals surface area contributed by atoms with Gasteiger partial charge in [0.2, 0.25) is 14.8 Å². The molecule has 0 unspecified atom stereocenters. The van der Waals surface area contributed by atoms with Crippen molar-refractivity contribution in [1.82, 2.24) is 23.4 Å². The van der Waals surface area contributed by atoms with Crippen LogP contribution in [0, 0.1) is 4.77 Å². The first-order valence-corrected chi connectivity index (χ1v) is 11.7. The number of hydrogen-bond acceptors (Lipinski definition) is 5. The summed E-state index contributed by atoms with van der Waals surface area (Å²) in [6, 6.07) is 11.8. The Morgan fingerprint density at radius 1 is 1.10 bits per heavy atom. The van der Waals surface area contributed by atoms with E-state index in [1.54, 1.807) is 27.4 Å². The van der Waals surface area contributed by atoms with Gasteiger partial charge in [-0.25, -0.2) is 13.1 Å². The van der Waals surface area contributed by atoms with E-state index in [1.807, 2.05) is 13.8 Å². The van der Waals surface area contributed by atoms with Crippen LogP contribution in [0.25, 0.3) is 5.65 Å². The molecule has 3 aromatic rings. The van der Waals surface area contributed by atoms with Crippen molar-refractivity contribution in [2.75, 3.05) is 19.6 Å². The smallest absolute Gasteiger partial charge is 0.244 e. The summed E-state index contributed by atoms with van der Waals surface area (Å²) in [5.74, 6) is 0. The molecule has 0 amide bonds. The lowest BCUT2D eigenvalue weighted by atomic mass is 10.0. The Morgan fingerprint density at radius 2 is 1.83 bits per heavy atom. The molecule has 1 aliphatic heterocycles. The average molecular weight is 432 g/mol. The van der Waals surface area contributed by atoms with Gasteiger partial charge in [0.25, 0.3) is 0 Å². The van der Waals surface area contributed by atoms with Gasteiger partial charge >= 0.3 is 0 Å². The fourth-order valence-electron chi connectivity index (χ4n) is 3.82. The number of rotatable bonds is 6. The van der Waals surface area contributed by atoms with E-state index in [0.717, 1.165) is 19.5 Å².